The fourth-order valence-electron chi connectivity index (χ4n) is 3.25. The number of hydrogen-bond donors (Lipinski definition) is 2. The molecule has 0 spiro atoms. The van der Waals surface area contributed by atoms with Crippen LogP contribution in [0, 0.1) is 6.92 Å². The number of rotatable bonds is 5. The Morgan fingerprint density at radius 1 is 1.03 bits per heavy atom. The van der Waals surface area contributed by atoms with Gasteiger partial charge >= 0.3 is 6.03 Å². The van der Waals surface area contributed by atoms with Crippen LogP contribution in [0.3, 0.4) is 0 Å². The number of benzene rings is 3. The SMILES string of the molecule is Cc1ccc(NC(=O)NN=Cc2cn(Cc3ccc(Br)cc3)c3ccccc23)cc1. The molecule has 5 nitrogen and oxygen atoms in total. The number of fused-ring (bicyclic) bond motifs is 1. The topological polar surface area (TPSA) is 58.4 Å². The molecule has 0 aliphatic rings. The number of para-hydroxylation sites is 1. The molecule has 0 radical (unpaired) electrons. The maximum absolute atomic E-state index is 12.1. The Morgan fingerprint density at radius 3 is 2.53 bits per heavy atom. The van der Waals surface area contributed by atoms with E-state index in [0.717, 1.165) is 38.7 Å². The van der Waals surface area contributed by atoms with Crippen LogP contribution in [0.5, 0.6) is 0 Å². The maximum atomic E-state index is 12.1. The van der Waals surface area contributed by atoms with Crippen LogP contribution in [0.25, 0.3) is 10.9 Å². The van der Waals surface area contributed by atoms with Crippen LogP contribution in [0.1, 0.15) is 16.7 Å². The standard InChI is InChI=1S/C24H21BrN4O/c1-17-6-12-21(13-7-17)27-24(30)28-26-14-19-16-29(23-5-3-2-4-22(19)23)15-18-8-10-20(25)11-9-18/h2-14,16H,15H2,1H3,(H2,27,28,30). The Morgan fingerprint density at radius 2 is 1.77 bits per heavy atom. The van der Waals surface area contributed by atoms with Crippen molar-refractivity contribution in [3.05, 3.63) is 100 Å². The Balaban J connectivity index is 1.49. The fraction of sp³-hybridized carbons (Fsp3) is 0.0833. The number of nitrogens with zero attached hydrogens (tertiary/aromatic N) is 2. The number of hydrazone groups is 1. The third kappa shape index (κ3) is 4.78. The van der Waals surface area contributed by atoms with E-state index in [4.69, 9.17) is 0 Å². The Hall–Kier alpha value is -3.38. The molecule has 0 saturated heterocycles. The molecule has 150 valence electrons. The number of hydrogen-bond acceptors (Lipinski definition) is 2. The van der Waals surface area contributed by atoms with Gasteiger partial charge in [0.25, 0.3) is 0 Å². The van der Waals surface area contributed by atoms with Crippen molar-refractivity contribution >= 4 is 44.8 Å². The molecule has 2 N–H and O–H groups in total. The van der Waals surface area contributed by atoms with Crippen molar-refractivity contribution in [1.82, 2.24) is 9.99 Å². The minimum Gasteiger partial charge on any atom is -0.342 e. The molecule has 6 heteroatoms. The van der Waals surface area contributed by atoms with Gasteiger partial charge in [-0.2, -0.15) is 5.10 Å². The predicted octanol–water partition coefficient (Wildman–Crippen LogP) is 5.92. The molecular formula is C24H21BrN4O. The molecule has 30 heavy (non-hydrogen) atoms. The molecule has 4 rings (SSSR count). The lowest BCUT2D eigenvalue weighted by Gasteiger charge is -2.05. The molecule has 0 saturated carbocycles. The molecular weight excluding hydrogens is 440 g/mol. The van der Waals surface area contributed by atoms with Crippen LogP contribution in [-0.4, -0.2) is 16.8 Å². The van der Waals surface area contributed by atoms with Crippen LogP contribution in [-0.2, 0) is 6.54 Å². The lowest BCUT2D eigenvalue weighted by atomic mass is 10.2. The number of carbonyl (C=O) groups excluding carboxylic acids is 1. The normalized spacial score (nSPS) is 11.1. The Bertz CT molecular complexity index is 1190. The predicted molar refractivity (Wildman–Crippen MR) is 126 cm³/mol. The second-order valence-corrected chi connectivity index (χ2v) is 7.96. The Labute approximate surface area is 183 Å². The second-order valence-electron chi connectivity index (χ2n) is 7.05. The second kappa shape index (κ2) is 8.97. The molecule has 0 fully saturated rings. The van der Waals surface area contributed by atoms with E-state index in [2.05, 4.69) is 66.8 Å². The van der Waals surface area contributed by atoms with Gasteiger partial charge in [0, 0.05) is 39.4 Å². The van der Waals surface area contributed by atoms with Gasteiger partial charge in [-0.3, -0.25) is 0 Å². The van der Waals surface area contributed by atoms with Crippen molar-refractivity contribution in [2.75, 3.05) is 5.32 Å². The number of nitrogens with one attached hydrogen (secondary N) is 2. The molecule has 0 aliphatic heterocycles. The Kier molecular flexibility index (Phi) is 5.95. The molecule has 4 aromatic rings. The van der Waals surface area contributed by atoms with Gasteiger partial charge in [-0.05, 0) is 42.8 Å². The van der Waals surface area contributed by atoms with Crippen LogP contribution >= 0.6 is 15.9 Å². The molecule has 0 atom stereocenters. The van der Waals surface area contributed by atoms with Gasteiger partial charge in [0.2, 0.25) is 0 Å². The minimum atomic E-state index is -0.381. The smallest absolute Gasteiger partial charge is 0.339 e. The average molecular weight is 461 g/mol. The lowest BCUT2D eigenvalue weighted by Crippen LogP contribution is -2.24. The fourth-order valence-corrected chi connectivity index (χ4v) is 3.52. The van der Waals surface area contributed by atoms with Crippen molar-refractivity contribution in [2.45, 2.75) is 13.5 Å². The first-order chi connectivity index (χ1) is 14.6. The number of carbonyl (C=O) groups is 1. The van der Waals surface area contributed by atoms with Crippen LogP contribution in [0.15, 0.2) is 88.6 Å². The third-order valence-corrected chi connectivity index (χ3v) is 5.29. The highest BCUT2D eigenvalue weighted by molar-refractivity contribution is 9.10. The van der Waals surface area contributed by atoms with E-state index in [1.807, 2.05) is 55.5 Å². The van der Waals surface area contributed by atoms with E-state index in [-0.39, 0.29) is 6.03 Å². The summed E-state index contributed by atoms with van der Waals surface area (Å²) < 4.78 is 3.25. The summed E-state index contributed by atoms with van der Waals surface area (Å²) in [5, 5.41) is 7.98. The van der Waals surface area contributed by atoms with Gasteiger partial charge in [-0.15, -0.1) is 0 Å². The van der Waals surface area contributed by atoms with Crippen LogP contribution in [0.4, 0.5) is 10.5 Å². The third-order valence-electron chi connectivity index (χ3n) is 4.76. The summed E-state index contributed by atoms with van der Waals surface area (Å²) in [6, 6.07) is 23.7. The molecule has 1 heterocycles. The quantitative estimate of drug-likeness (QED) is 0.282. The van der Waals surface area contributed by atoms with E-state index in [0.29, 0.717) is 0 Å². The number of aromatic nitrogens is 1. The highest BCUT2D eigenvalue weighted by Crippen LogP contribution is 2.22. The van der Waals surface area contributed by atoms with Crippen molar-refractivity contribution in [3.63, 3.8) is 0 Å². The largest absolute Gasteiger partial charge is 0.342 e. The molecule has 0 unspecified atom stereocenters. The summed E-state index contributed by atoms with van der Waals surface area (Å²) in [5.41, 5.74) is 7.65. The van der Waals surface area contributed by atoms with E-state index >= 15 is 0 Å². The number of anilines is 1. The summed E-state index contributed by atoms with van der Waals surface area (Å²) in [4.78, 5) is 12.1. The average Bonchev–Trinajstić information content (AvgIpc) is 3.09. The van der Waals surface area contributed by atoms with Crippen molar-refractivity contribution in [3.8, 4) is 0 Å². The van der Waals surface area contributed by atoms with E-state index < -0.39 is 0 Å². The number of urea groups is 1. The van der Waals surface area contributed by atoms with E-state index in [9.17, 15) is 4.79 Å². The molecule has 3 aromatic carbocycles. The lowest BCUT2D eigenvalue weighted by molar-refractivity contribution is 0.252. The minimum absolute atomic E-state index is 0.381. The van der Waals surface area contributed by atoms with Gasteiger partial charge in [-0.25, -0.2) is 10.2 Å². The van der Waals surface area contributed by atoms with Gasteiger partial charge in [0.1, 0.15) is 0 Å². The monoisotopic (exact) mass is 460 g/mol. The number of halogens is 1. The summed E-state index contributed by atoms with van der Waals surface area (Å²) >= 11 is 3.47. The van der Waals surface area contributed by atoms with Crippen molar-refractivity contribution in [2.24, 2.45) is 5.10 Å². The zero-order valence-corrected chi connectivity index (χ0v) is 18.1. The van der Waals surface area contributed by atoms with Crippen LogP contribution < -0.4 is 10.7 Å². The van der Waals surface area contributed by atoms with Crippen LogP contribution in [0.2, 0.25) is 0 Å². The van der Waals surface area contributed by atoms with Gasteiger partial charge in [0.15, 0.2) is 0 Å². The zero-order chi connectivity index (χ0) is 20.9. The zero-order valence-electron chi connectivity index (χ0n) is 16.5. The molecule has 0 bridgehead atoms. The van der Waals surface area contributed by atoms with Gasteiger partial charge in [0.05, 0.1) is 6.21 Å². The summed E-state index contributed by atoms with van der Waals surface area (Å²) in [7, 11) is 0. The summed E-state index contributed by atoms with van der Waals surface area (Å²) in [5.74, 6) is 0. The molecule has 0 aliphatic carbocycles. The maximum Gasteiger partial charge on any atom is 0.339 e. The first kappa shape index (κ1) is 19.9. The summed E-state index contributed by atoms with van der Waals surface area (Å²) in [6.45, 7) is 2.75. The van der Waals surface area contributed by atoms with E-state index in [1.165, 1.54) is 5.56 Å². The molecule has 2 amide bonds. The number of amides is 2. The first-order valence-electron chi connectivity index (χ1n) is 9.57. The highest BCUT2D eigenvalue weighted by atomic mass is 79.9. The molecule has 1 aromatic heterocycles. The highest BCUT2D eigenvalue weighted by Gasteiger charge is 2.07. The van der Waals surface area contributed by atoms with Crippen molar-refractivity contribution in [1.29, 1.82) is 0 Å². The van der Waals surface area contributed by atoms with Gasteiger partial charge in [-0.1, -0.05) is 64.0 Å². The summed E-state index contributed by atoms with van der Waals surface area (Å²) in [6.07, 6.45) is 3.73. The van der Waals surface area contributed by atoms with Gasteiger partial charge < -0.3 is 9.88 Å². The first-order valence-corrected chi connectivity index (χ1v) is 10.4. The van der Waals surface area contributed by atoms with E-state index in [1.54, 1.807) is 6.21 Å². The van der Waals surface area contributed by atoms with Crippen molar-refractivity contribution < 1.29 is 4.79 Å². The number of aryl methyl sites for hydroxylation is 1.